The van der Waals surface area contributed by atoms with E-state index in [1.54, 1.807) is 0 Å². The number of sulfonamides is 1. The predicted molar refractivity (Wildman–Crippen MR) is 70.6 cm³/mol. The first kappa shape index (κ1) is 16.1. The molecule has 1 aromatic carbocycles. The van der Waals surface area contributed by atoms with Crippen LogP contribution in [0.5, 0.6) is 0 Å². The molecule has 0 saturated heterocycles. The fourth-order valence-electron chi connectivity index (χ4n) is 1.58. The highest BCUT2D eigenvalue weighted by atomic mass is 32.2. The second kappa shape index (κ2) is 6.44. The number of para-hydroxylation sites is 1. The van der Waals surface area contributed by atoms with Crippen LogP contribution in [0.2, 0.25) is 0 Å². The number of hydrogen-bond donors (Lipinski definition) is 2. The minimum Gasteiger partial charge on any atom is -0.480 e. The molecule has 0 aliphatic carbocycles. The maximum Gasteiger partial charge on any atom is 0.321 e. The molecule has 0 fully saturated rings. The molecular formula is C11H14N2O6S. The molecule has 1 aromatic rings. The fourth-order valence-corrected chi connectivity index (χ4v) is 3.02. The Balaban J connectivity index is 2.97. The number of hydrogen-bond acceptors (Lipinski definition) is 5. The van der Waals surface area contributed by atoms with Gasteiger partial charge in [-0.15, -0.1) is 0 Å². The lowest BCUT2D eigenvalue weighted by atomic mass is 10.2. The van der Waals surface area contributed by atoms with Crippen molar-refractivity contribution in [2.24, 2.45) is 0 Å². The van der Waals surface area contributed by atoms with Crippen LogP contribution in [0, 0.1) is 10.1 Å². The molecule has 20 heavy (non-hydrogen) atoms. The first-order chi connectivity index (χ1) is 9.26. The van der Waals surface area contributed by atoms with Crippen LogP contribution in [0.25, 0.3) is 0 Å². The van der Waals surface area contributed by atoms with Crippen molar-refractivity contribution in [3.05, 3.63) is 39.9 Å². The molecule has 2 N–H and O–H groups in total. The van der Waals surface area contributed by atoms with E-state index in [2.05, 4.69) is 0 Å². The van der Waals surface area contributed by atoms with Crippen molar-refractivity contribution in [2.45, 2.75) is 25.1 Å². The van der Waals surface area contributed by atoms with Crippen LogP contribution in [0.1, 0.15) is 18.9 Å². The van der Waals surface area contributed by atoms with Gasteiger partial charge in [0, 0.05) is 11.6 Å². The summed E-state index contributed by atoms with van der Waals surface area (Å²) < 4.78 is 25.7. The van der Waals surface area contributed by atoms with E-state index in [0.29, 0.717) is 0 Å². The minimum absolute atomic E-state index is 0.00485. The van der Waals surface area contributed by atoms with Gasteiger partial charge in [0.25, 0.3) is 5.69 Å². The summed E-state index contributed by atoms with van der Waals surface area (Å²) in [5.74, 6) is -1.94. The summed E-state index contributed by atoms with van der Waals surface area (Å²) >= 11 is 0. The third-order valence-corrected chi connectivity index (χ3v) is 3.90. The molecule has 0 aliphatic rings. The molecule has 0 heterocycles. The second-order valence-corrected chi connectivity index (χ2v) is 5.82. The maximum atomic E-state index is 11.9. The topological polar surface area (TPSA) is 127 Å². The molecule has 0 bridgehead atoms. The Morgan fingerprint density at radius 1 is 1.45 bits per heavy atom. The average Bonchev–Trinajstić information content (AvgIpc) is 2.35. The molecule has 0 amide bonds. The van der Waals surface area contributed by atoms with Crippen molar-refractivity contribution in [1.82, 2.24) is 4.72 Å². The smallest absolute Gasteiger partial charge is 0.321 e. The second-order valence-electron chi connectivity index (χ2n) is 4.06. The number of nitro groups is 1. The van der Waals surface area contributed by atoms with Gasteiger partial charge in [-0.05, 0) is 6.42 Å². The zero-order valence-corrected chi connectivity index (χ0v) is 11.5. The van der Waals surface area contributed by atoms with E-state index in [4.69, 9.17) is 5.11 Å². The Kier molecular flexibility index (Phi) is 5.17. The summed E-state index contributed by atoms with van der Waals surface area (Å²) in [5, 5.41) is 19.6. The minimum atomic E-state index is -3.98. The summed E-state index contributed by atoms with van der Waals surface area (Å²) in [4.78, 5) is 20.9. The molecule has 9 heteroatoms. The first-order valence-corrected chi connectivity index (χ1v) is 7.37. The summed E-state index contributed by atoms with van der Waals surface area (Å²) in [7, 11) is -3.98. The van der Waals surface area contributed by atoms with Crippen molar-refractivity contribution in [3.8, 4) is 0 Å². The van der Waals surface area contributed by atoms with Crippen LogP contribution in [0.4, 0.5) is 5.69 Å². The van der Waals surface area contributed by atoms with Crippen LogP contribution >= 0.6 is 0 Å². The van der Waals surface area contributed by atoms with Crippen LogP contribution in [0.3, 0.4) is 0 Å². The van der Waals surface area contributed by atoms with E-state index in [1.165, 1.54) is 31.2 Å². The molecule has 0 aliphatic heterocycles. The highest BCUT2D eigenvalue weighted by Gasteiger charge is 2.25. The number of carboxylic acid groups (broad SMARTS) is 1. The lowest BCUT2D eigenvalue weighted by Crippen LogP contribution is -2.40. The molecule has 0 unspecified atom stereocenters. The van der Waals surface area contributed by atoms with Gasteiger partial charge in [-0.3, -0.25) is 14.9 Å². The number of nitrogens with one attached hydrogen (secondary N) is 1. The quantitative estimate of drug-likeness (QED) is 0.568. The summed E-state index contributed by atoms with van der Waals surface area (Å²) in [5.41, 5.74) is -0.313. The molecule has 1 rings (SSSR count). The summed E-state index contributed by atoms with van der Waals surface area (Å²) in [6.45, 7) is 1.52. The largest absolute Gasteiger partial charge is 0.480 e. The van der Waals surface area contributed by atoms with Crippen molar-refractivity contribution in [1.29, 1.82) is 0 Å². The van der Waals surface area contributed by atoms with Gasteiger partial charge in [0.15, 0.2) is 0 Å². The Morgan fingerprint density at radius 2 is 2.05 bits per heavy atom. The molecule has 1 atom stereocenters. The number of carboxylic acids is 1. The van der Waals surface area contributed by atoms with Crippen molar-refractivity contribution in [3.63, 3.8) is 0 Å². The van der Waals surface area contributed by atoms with Gasteiger partial charge in [0.05, 0.1) is 10.7 Å². The van der Waals surface area contributed by atoms with E-state index in [9.17, 15) is 23.3 Å². The number of rotatable bonds is 7. The van der Waals surface area contributed by atoms with Gasteiger partial charge in [-0.25, -0.2) is 13.1 Å². The molecular weight excluding hydrogens is 288 g/mol. The Hall–Kier alpha value is -2.00. The SMILES string of the molecule is CC[C@H](NS(=O)(=O)Cc1ccccc1[N+](=O)[O-])C(=O)O. The number of nitro benzene ring substituents is 1. The molecule has 8 nitrogen and oxygen atoms in total. The van der Waals surface area contributed by atoms with E-state index in [0.717, 1.165) is 0 Å². The fraction of sp³-hybridized carbons (Fsp3) is 0.364. The van der Waals surface area contributed by atoms with Gasteiger partial charge in [0.2, 0.25) is 10.0 Å². The standard InChI is InChI=1S/C11H14N2O6S/c1-2-9(11(14)15)12-20(18,19)7-8-5-3-4-6-10(8)13(16)17/h3-6,9,12H,2,7H2,1H3,(H,14,15)/t9-/m0/s1. The zero-order valence-electron chi connectivity index (χ0n) is 10.6. The average molecular weight is 302 g/mol. The number of aliphatic carboxylic acids is 1. The summed E-state index contributed by atoms with van der Waals surface area (Å²) in [6, 6.07) is 4.17. The highest BCUT2D eigenvalue weighted by Crippen LogP contribution is 2.19. The number of benzene rings is 1. The van der Waals surface area contributed by atoms with Gasteiger partial charge >= 0.3 is 5.97 Å². The van der Waals surface area contributed by atoms with Crippen LogP contribution < -0.4 is 4.72 Å². The monoisotopic (exact) mass is 302 g/mol. The van der Waals surface area contributed by atoms with E-state index in [1.807, 2.05) is 4.72 Å². The van der Waals surface area contributed by atoms with Crippen LogP contribution in [-0.4, -0.2) is 30.5 Å². The van der Waals surface area contributed by atoms with E-state index >= 15 is 0 Å². The normalized spacial score (nSPS) is 12.8. The molecule has 0 radical (unpaired) electrons. The van der Waals surface area contributed by atoms with Gasteiger partial charge in [0.1, 0.15) is 6.04 Å². The van der Waals surface area contributed by atoms with Crippen molar-refractivity contribution in [2.75, 3.05) is 0 Å². The zero-order chi connectivity index (χ0) is 15.3. The Labute approximate surface area is 115 Å². The predicted octanol–water partition coefficient (Wildman–Crippen LogP) is 0.877. The van der Waals surface area contributed by atoms with Gasteiger partial charge < -0.3 is 5.11 Å². The van der Waals surface area contributed by atoms with E-state index in [-0.39, 0.29) is 17.7 Å². The third kappa shape index (κ3) is 4.28. The highest BCUT2D eigenvalue weighted by molar-refractivity contribution is 7.88. The molecule has 0 saturated carbocycles. The van der Waals surface area contributed by atoms with Crippen molar-refractivity contribution < 1.29 is 23.2 Å². The van der Waals surface area contributed by atoms with Gasteiger partial charge in [-0.1, -0.05) is 25.1 Å². The van der Waals surface area contributed by atoms with Crippen LogP contribution in [0.15, 0.2) is 24.3 Å². The number of nitrogens with zero attached hydrogens (tertiary/aromatic N) is 1. The maximum absolute atomic E-state index is 11.9. The summed E-state index contributed by atoms with van der Waals surface area (Å²) in [6.07, 6.45) is 0.0748. The molecule has 110 valence electrons. The molecule has 0 aromatic heterocycles. The third-order valence-electron chi connectivity index (χ3n) is 2.56. The van der Waals surface area contributed by atoms with Crippen LogP contribution in [-0.2, 0) is 20.6 Å². The first-order valence-electron chi connectivity index (χ1n) is 5.72. The van der Waals surface area contributed by atoms with E-state index < -0.39 is 32.7 Å². The van der Waals surface area contributed by atoms with Gasteiger partial charge in [-0.2, -0.15) is 0 Å². The Bertz CT molecular complexity index is 613. The Morgan fingerprint density at radius 3 is 2.55 bits per heavy atom. The molecule has 0 spiro atoms. The lowest BCUT2D eigenvalue weighted by Gasteiger charge is -2.12. The van der Waals surface area contributed by atoms with Crippen molar-refractivity contribution >= 4 is 21.7 Å². The lowest BCUT2D eigenvalue weighted by molar-refractivity contribution is -0.385. The number of carbonyl (C=O) groups is 1.